The van der Waals surface area contributed by atoms with Crippen LogP contribution in [0.1, 0.15) is 54.2 Å². The lowest BCUT2D eigenvalue weighted by atomic mass is 10.0. The number of nitrogens with two attached hydrogens (primary N) is 1. The summed E-state index contributed by atoms with van der Waals surface area (Å²) in [7, 11) is 0. The number of fused-ring (bicyclic) bond motifs is 3. The number of hydrogen-bond donors (Lipinski definition) is 4. The van der Waals surface area contributed by atoms with Crippen molar-refractivity contribution in [3.8, 4) is 0 Å². The van der Waals surface area contributed by atoms with Crippen molar-refractivity contribution in [2.45, 2.75) is 49.7 Å². The van der Waals surface area contributed by atoms with Gasteiger partial charge in [0.1, 0.15) is 47.0 Å². The van der Waals surface area contributed by atoms with Crippen molar-refractivity contribution in [1.29, 1.82) is 0 Å². The summed E-state index contributed by atoms with van der Waals surface area (Å²) in [5.74, 6) is -3.68. The summed E-state index contributed by atoms with van der Waals surface area (Å²) in [4.78, 5) is 70.7. The van der Waals surface area contributed by atoms with E-state index in [1.54, 1.807) is 5.38 Å². The second-order valence-electron chi connectivity index (χ2n) is 14.2. The van der Waals surface area contributed by atoms with Crippen LogP contribution in [0.3, 0.4) is 0 Å². The fraction of sp³-hybridized carbons (Fsp3) is 0.395. The van der Waals surface area contributed by atoms with Crippen LogP contribution in [0.5, 0.6) is 0 Å². The van der Waals surface area contributed by atoms with Crippen molar-refractivity contribution in [2.75, 3.05) is 43.4 Å². The van der Waals surface area contributed by atoms with Gasteiger partial charge in [-0.2, -0.15) is 0 Å². The molecule has 5 heterocycles. The van der Waals surface area contributed by atoms with Crippen LogP contribution in [0.15, 0.2) is 57.8 Å². The molecule has 2 aromatic heterocycles. The number of thioether (sulfide) groups is 1. The molecular weight excluding hydrogens is 771 g/mol. The van der Waals surface area contributed by atoms with Gasteiger partial charge in [-0.15, -0.1) is 23.1 Å². The summed E-state index contributed by atoms with van der Waals surface area (Å²) >= 11 is 9.26. The predicted octanol–water partition coefficient (Wildman–Crippen LogP) is 4.37. The maximum absolute atomic E-state index is 14.7. The summed E-state index contributed by atoms with van der Waals surface area (Å²) in [6, 6.07) is 7.62. The fourth-order valence-electron chi connectivity index (χ4n) is 7.81. The molecule has 3 fully saturated rings. The molecule has 3 unspecified atom stereocenters. The highest BCUT2D eigenvalue weighted by Gasteiger charge is 2.54. The standard InChI is InChI=1S/C38H38ClFN6O7S2/c1-2-42-13-18-9-10-44(14-18)34-27(32(47)23-11-20(40)12-25(39)31(23)45(34)21-7-8-21)38(52)53-15-19-16-55-36-29(35(49)46(36)30(19)37(50)51)43-33(48)28(41)24-17-54-26-6-4-3-5-22(24)26/h3-6,11-12,17-18,21,28-29,36,42H,2,7-10,13-16,41H2,1H3,(H,43,48)(H,50,51)/t18?,28-,29?,36?/m1/s1. The van der Waals surface area contributed by atoms with Crippen LogP contribution >= 0.6 is 34.7 Å². The fourth-order valence-corrected chi connectivity index (χ4v) is 10.4. The Bertz CT molecular complexity index is 2360. The zero-order valence-electron chi connectivity index (χ0n) is 29.7. The minimum atomic E-state index is -1.41. The molecule has 0 bridgehead atoms. The smallest absolute Gasteiger partial charge is 0.352 e. The Balaban J connectivity index is 1.06. The number of benzene rings is 2. The molecule has 3 aliphatic heterocycles. The molecular formula is C38H38ClFN6O7S2. The molecule has 13 nitrogen and oxygen atoms in total. The van der Waals surface area contributed by atoms with Crippen molar-refractivity contribution in [3.05, 3.63) is 85.2 Å². The molecule has 1 saturated carbocycles. The molecule has 1 aliphatic carbocycles. The number of β-lactam (4-membered cyclic amide) rings is 1. The first-order valence-corrected chi connectivity index (χ1v) is 20.4. The number of esters is 1. The number of hydrogen-bond acceptors (Lipinski definition) is 11. The first-order valence-electron chi connectivity index (χ1n) is 18.1. The van der Waals surface area contributed by atoms with Gasteiger partial charge in [-0.25, -0.2) is 14.0 Å². The van der Waals surface area contributed by atoms with Gasteiger partial charge in [0.05, 0.1) is 15.9 Å². The van der Waals surface area contributed by atoms with Crippen LogP contribution in [0.4, 0.5) is 10.2 Å². The van der Waals surface area contributed by atoms with Gasteiger partial charge in [-0.1, -0.05) is 36.7 Å². The van der Waals surface area contributed by atoms with E-state index in [0.29, 0.717) is 30.0 Å². The maximum atomic E-state index is 14.7. The average Bonchev–Trinajstić information content (AvgIpc) is 3.74. The highest BCUT2D eigenvalue weighted by molar-refractivity contribution is 8.00. The number of pyridine rings is 1. The third-order valence-electron chi connectivity index (χ3n) is 10.6. The number of aromatic nitrogens is 1. The van der Waals surface area contributed by atoms with Crippen molar-refractivity contribution in [3.63, 3.8) is 0 Å². The number of amides is 2. The van der Waals surface area contributed by atoms with Crippen LogP contribution < -0.4 is 26.7 Å². The number of nitrogens with one attached hydrogen (secondary N) is 2. The Morgan fingerprint density at radius 3 is 2.67 bits per heavy atom. The number of halogens is 2. The van der Waals surface area contributed by atoms with E-state index in [1.807, 2.05) is 40.7 Å². The lowest BCUT2D eigenvalue weighted by Gasteiger charge is -2.49. The zero-order valence-corrected chi connectivity index (χ0v) is 32.1. The number of ether oxygens (including phenoxy) is 1. The molecule has 2 saturated heterocycles. The monoisotopic (exact) mass is 808 g/mol. The van der Waals surface area contributed by atoms with E-state index in [-0.39, 0.29) is 45.0 Å². The summed E-state index contributed by atoms with van der Waals surface area (Å²) < 4.78 is 23.3. The maximum Gasteiger partial charge on any atom is 0.352 e. The highest BCUT2D eigenvalue weighted by atomic mass is 35.5. The Morgan fingerprint density at radius 2 is 1.93 bits per heavy atom. The molecule has 4 aromatic rings. The normalized spacial score (nSPS) is 21.5. The summed E-state index contributed by atoms with van der Waals surface area (Å²) in [6.07, 6.45) is 2.36. The van der Waals surface area contributed by atoms with Gasteiger partial charge < -0.3 is 35.7 Å². The van der Waals surface area contributed by atoms with Gasteiger partial charge in [-0.3, -0.25) is 19.3 Å². The lowest BCUT2D eigenvalue weighted by Crippen LogP contribution is -2.71. The Morgan fingerprint density at radius 1 is 1.15 bits per heavy atom. The number of thiophene rings is 1. The molecule has 0 spiro atoms. The second kappa shape index (κ2) is 14.9. The number of carbonyl (C=O) groups is 4. The lowest BCUT2D eigenvalue weighted by molar-refractivity contribution is -0.151. The predicted molar refractivity (Wildman–Crippen MR) is 209 cm³/mol. The van der Waals surface area contributed by atoms with Gasteiger partial charge in [0.25, 0.3) is 5.91 Å². The van der Waals surface area contributed by atoms with Crippen molar-refractivity contribution < 1.29 is 33.4 Å². The molecule has 0 radical (unpaired) electrons. The number of nitrogens with zero attached hydrogens (tertiary/aromatic N) is 3. The van der Waals surface area contributed by atoms with Gasteiger partial charge in [-0.05, 0) is 72.8 Å². The van der Waals surface area contributed by atoms with E-state index < -0.39 is 59.1 Å². The molecule has 288 valence electrons. The number of carbonyl (C=O) groups excluding carboxylic acids is 3. The van der Waals surface area contributed by atoms with E-state index >= 15 is 0 Å². The molecule has 55 heavy (non-hydrogen) atoms. The van der Waals surface area contributed by atoms with Crippen LogP contribution in [-0.2, 0) is 19.1 Å². The first-order chi connectivity index (χ1) is 26.5. The number of rotatable bonds is 12. The summed E-state index contributed by atoms with van der Waals surface area (Å²) in [6.45, 7) is 4.16. The first kappa shape index (κ1) is 37.4. The van der Waals surface area contributed by atoms with Crippen molar-refractivity contribution >= 4 is 85.3 Å². The molecule has 8 rings (SSSR count). The molecule has 4 aliphatic rings. The minimum absolute atomic E-state index is 0.0522. The van der Waals surface area contributed by atoms with Gasteiger partial charge in [0, 0.05) is 35.2 Å². The molecule has 2 amide bonds. The average molecular weight is 809 g/mol. The highest BCUT2D eigenvalue weighted by Crippen LogP contribution is 2.45. The summed E-state index contributed by atoms with van der Waals surface area (Å²) in [5.41, 5.74) is 6.08. The van der Waals surface area contributed by atoms with Gasteiger partial charge in [0.15, 0.2) is 0 Å². The number of carboxylic acids is 1. The SMILES string of the molecule is CCNCC1CCN(c2c(C(=O)OCC3=C(C(=O)O)N4C(=O)C(NC(=O)[C@H](N)c5csc6ccccc56)C4SC3)c(=O)c3cc(F)cc(Cl)c3n2C2CC2)C1. The molecule has 2 aromatic carbocycles. The zero-order chi connectivity index (χ0) is 38.7. The van der Waals surface area contributed by atoms with Gasteiger partial charge >= 0.3 is 11.9 Å². The largest absolute Gasteiger partial charge is 0.477 e. The van der Waals surface area contributed by atoms with E-state index in [4.69, 9.17) is 22.1 Å². The van der Waals surface area contributed by atoms with E-state index in [1.165, 1.54) is 23.1 Å². The van der Waals surface area contributed by atoms with Crippen LogP contribution in [0.25, 0.3) is 21.0 Å². The quantitative estimate of drug-likeness (QED) is 0.118. The third kappa shape index (κ3) is 6.67. The Kier molecular flexibility index (Phi) is 10.1. The number of aliphatic carboxylic acids is 1. The molecule has 17 heteroatoms. The molecule has 5 N–H and O–H groups in total. The van der Waals surface area contributed by atoms with E-state index in [9.17, 15) is 33.5 Å². The number of anilines is 1. The van der Waals surface area contributed by atoms with E-state index in [0.717, 1.165) is 59.5 Å². The van der Waals surface area contributed by atoms with Crippen molar-refractivity contribution in [1.82, 2.24) is 20.1 Å². The number of carboxylic acid groups (broad SMARTS) is 1. The van der Waals surface area contributed by atoms with Crippen LogP contribution in [-0.4, -0.2) is 88.3 Å². The minimum Gasteiger partial charge on any atom is -0.477 e. The summed E-state index contributed by atoms with van der Waals surface area (Å²) in [5, 5.41) is 18.3. The molecule has 4 atom stereocenters. The Hall–Kier alpha value is -4.48. The second-order valence-corrected chi connectivity index (χ2v) is 16.6. The van der Waals surface area contributed by atoms with E-state index in [2.05, 4.69) is 10.6 Å². The Labute approximate surface area is 327 Å². The van der Waals surface area contributed by atoms with Crippen LogP contribution in [0, 0.1) is 11.7 Å². The van der Waals surface area contributed by atoms with Crippen LogP contribution in [0.2, 0.25) is 5.02 Å². The van der Waals surface area contributed by atoms with Crippen molar-refractivity contribution in [2.24, 2.45) is 11.7 Å². The third-order valence-corrected chi connectivity index (χ3v) is 13.2. The topological polar surface area (TPSA) is 176 Å². The van der Waals surface area contributed by atoms with Gasteiger partial charge in [0.2, 0.25) is 11.3 Å².